The lowest BCUT2D eigenvalue weighted by Crippen LogP contribution is -1.85. The van der Waals surface area contributed by atoms with Crippen molar-refractivity contribution in [2.24, 2.45) is 0 Å². The second-order valence-corrected chi connectivity index (χ2v) is 4.22. The minimum atomic E-state index is 0.509. The van der Waals surface area contributed by atoms with E-state index in [-0.39, 0.29) is 0 Å². The highest BCUT2D eigenvalue weighted by Crippen LogP contribution is 2.25. The standard InChI is InChI=1S/C12H10Cl2O2/c1-15-12-6-9(7-16-12)4-8-2-3-10(13)11(14)5-8/h2-3,5-7H,4H2,1H3. The highest BCUT2D eigenvalue weighted by Gasteiger charge is 2.04. The van der Waals surface area contributed by atoms with Crippen LogP contribution in [0.25, 0.3) is 0 Å². The van der Waals surface area contributed by atoms with Gasteiger partial charge in [-0.05, 0) is 23.3 Å². The maximum Gasteiger partial charge on any atom is 0.284 e. The van der Waals surface area contributed by atoms with Gasteiger partial charge in [-0.2, -0.15) is 0 Å². The molecule has 0 fully saturated rings. The van der Waals surface area contributed by atoms with Gasteiger partial charge in [-0.3, -0.25) is 0 Å². The van der Waals surface area contributed by atoms with Crippen LogP contribution in [0, 0.1) is 0 Å². The Morgan fingerprint density at radius 2 is 1.94 bits per heavy atom. The number of furan rings is 1. The van der Waals surface area contributed by atoms with E-state index in [1.54, 1.807) is 19.4 Å². The van der Waals surface area contributed by atoms with Crippen molar-refractivity contribution in [3.63, 3.8) is 0 Å². The first-order valence-corrected chi connectivity index (χ1v) is 5.50. The molecule has 0 aliphatic carbocycles. The number of benzene rings is 1. The van der Waals surface area contributed by atoms with Gasteiger partial charge >= 0.3 is 0 Å². The zero-order chi connectivity index (χ0) is 11.5. The molecule has 0 spiro atoms. The summed E-state index contributed by atoms with van der Waals surface area (Å²) in [6.45, 7) is 0. The van der Waals surface area contributed by atoms with Crippen molar-refractivity contribution in [3.05, 3.63) is 51.7 Å². The number of methoxy groups -OCH3 is 1. The third kappa shape index (κ3) is 2.52. The quantitative estimate of drug-likeness (QED) is 0.822. The molecule has 0 N–H and O–H groups in total. The highest BCUT2D eigenvalue weighted by molar-refractivity contribution is 6.42. The van der Waals surface area contributed by atoms with E-state index in [0.717, 1.165) is 17.5 Å². The fourth-order valence-corrected chi connectivity index (χ4v) is 1.76. The normalized spacial score (nSPS) is 10.4. The Hall–Kier alpha value is -1.12. The van der Waals surface area contributed by atoms with Crippen molar-refractivity contribution in [3.8, 4) is 5.95 Å². The van der Waals surface area contributed by atoms with Gasteiger partial charge in [-0.25, -0.2) is 0 Å². The molecule has 1 heterocycles. The molecule has 0 unspecified atom stereocenters. The van der Waals surface area contributed by atoms with Gasteiger partial charge in [0.25, 0.3) is 5.95 Å². The number of rotatable bonds is 3. The Morgan fingerprint density at radius 3 is 2.56 bits per heavy atom. The van der Waals surface area contributed by atoms with Gasteiger partial charge in [0.2, 0.25) is 0 Å². The number of hydrogen-bond donors (Lipinski definition) is 0. The summed E-state index contributed by atoms with van der Waals surface area (Å²) < 4.78 is 10.1. The van der Waals surface area contributed by atoms with Crippen LogP contribution in [0.3, 0.4) is 0 Å². The van der Waals surface area contributed by atoms with Crippen LogP contribution in [-0.2, 0) is 6.42 Å². The summed E-state index contributed by atoms with van der Waals surface area (Å²) in [5.74, 6) is 0.509. The number of halogens is 2. The van der Waals surface area contributed by atoms with Gasteiger partial charge in [-0.15, -0.1) is 0 Å². The lowest BCUT2D eigenvalue weighted by Gasteiger charge is -2.00. The number of hydrogen-bond acceptors (Lipinski definition) is 2. The second kappa shape index (κ2) is 4.81. The molecule has 2 rings (SSSR count). The Labute approximate surface area is 104 Å². The van der Waals surface area contributed by atoms with Crippen LogP contribution in [-0.4, -0.2) is 7.11 Å². The Bertz CT molecular complexity index is 492. The molecule has 0 amide bonds. The summed E-state index contributed by atoms with van der Waals surface area (Å²) in [5.41, 5.74) is 2.12. The first kappa shape index (κ1) is 11.4. The molecule has 84 valence electrons. The van der Waals surface area contributed by atoms with E-state index in [9.17, 15) is 0 Å². The van der Waals surface area contributed by atoms with Crippen LogP contribution >= 0.6 is 23.2 Å². The van der Waals surface area contributed by atoms with Crippen LogP contribution < -0.4 is 4.74 Å². The molecule has 16 heavy (non-hydrogen) atoms. The molecule has 0 saturated carbocycles. The van der Waals surface area contributed by atoms with E-state index in [4.69, 9.17) is 32.4 Å². The van der Waals surface area contributed by atoms with Crippen LogP contribution in [0.5, 0.6) is 5.95 Å². The maximum absolute atomic E-state index is 5.93. The molecule has 0 radical (unpaired) electrons. The van der Waals surface area contributed by atoms with E-state index in [1.165, 1.54) is 0 Å². The molecule has 1 aromatic heterocycles. The topological polar surface area (TPSA) is 22.4 Å². The minimum Gasteiger partial charge on any atom is -0.468 e. The SMILES string of the molecule is COc1cc(Cc2ccc(Cl)c(Cl)c2)co1. The fourth-order valence-electron chi connectivity index (χ4n) is 1.44. The van der Waals surface area contributed by atoms with Crippen molar-refractivity contribution >= 4 is 23.2 Å². The molecule has 0 bridgehead atoms. The van der Waals surface area contributed by atoms with E-state index in [2.05, 4.69) is 0 Å². The molecule has 0 saturated heterocycles. The summed E-state index contributed by atoms with van der Waals surface area (Å²) in [6.07, 6.45) is 2.41. The van der Waals surface area contributed by atoms with Crippen molar-refractivity contribution in [2.45, 2.75) is 6.42 Å². The predicted molar refractivity (Wildman–Crippen MR) is 64.5 cm³/mol. The van der Waals surface area contributed by atoms with Gasteiger partial charge in [0.05, 0.1) is 23.4 Å². The first-order valence-electron chi connectivity index (χ1n) is 4.74. The molecule has 4 heteroatoms. The lowest BCUT2D eigenvalue weighted by atomic mass is 10.1. The Morgan fingerprint density at radius 1 is 1.12 bits per heavy atom. The molecule has 0 atom stereocenters. The van der Waals surface area contributed by atoms with Crippen molar-refractivity contribution in [2.75, 3.05) is 7.11 Å². The summed E-state index contributed by atoms with van der Waals surface area (Å²) >= 11 is 11.8. The van der Waals surface area contributed by atoms with Gasteiger partial charge in [0.15, 0.2) is 0 Å². The van der Waals surface area contributed by atoms with Crippen LogP contribution in [0.2, 0.25) is 10.0 Å². The molecule has 1 aromatic carbocycles. The van der Waals surface area contributed by atoms with Crippen molar-refractivity contribution in [1.82, 2.24) is 0 Å². The molecule has 2 aromatic rings. The van der Waals surface area contributed by atoms with Gasteiger partial charge in [0.1, 0.15) is 0 Å². The van der Waals surface area contributed by atoms with Crippen molar-refractivity contribution in [1.29, 1.82) is 0 Å². The van der Waals surface area contributed by atoms with E-state index in [1.807, 2.05) is 18.2 Å². The predicted octanol–water partition coefficient (Wildman–Crippen LogP) is 4.19. The highest BCUT2D eigenvalue weighted by atomic mass is 35.5. The largest absolute Gasteiger partial charge is 0.468 e. The van der Waals surface area contributed by atoms with Crippen LogP contribution in [0.15, 0.2) is 34.9 Å². The molecular formula is C12H10Cl2O2. The molecule has 2 nitrogen and oxygen atoms in total. The van der Waals surface area contributed by atoms with Gasteiger partial charge in [-0.1, -0.05) is 29.3 Å². The van der Waals surface area contributed by atoms with Crippen molar-refractivity contribution < 1.29 is 9.15 Å². The molecule has 0 aliphatic rings. The van der Waals surface area contributed by atoms with Gasteiger partial charge in [0, 0.05) is 12.5 Å². The van der Waals surface area contributed by atoms with Crippen LogP contribution in [0.4, 0.5) is 0 Å². The number of ether oxygens (including phenoxy) is 1. The Balaban J connectivity index is 2.17. The minimum absolute atomic E-state index is 0.509. The van der Waals surface area contributed by atoms with E-state index in [0.29, 0.717) is 16.0 Å². The van der Waals surface area contributed by atoms with Gasteiger partial charge < -0.3 is 9.15 Å². The molecular weight excluding hydrogens is 247 g/mol. The third-order valence-corrected chi connectivity index (χ3v) is 2.96. The summed E-state index contributed by atoms with van der Waals surface area (Å²) in [7, 11) is 1.57. The average Bonchev–Trinajstić information content (AvgIpc) is 2.71. The smallest absolute Gasteiger partial charge is 0.284 e. The lowest BCUT2D eigenvalue weighted by molar-refractivity contribution is 0.305. The summed E-state index contributed by atoms with van der Waals surface area (Å²) in [4.78, 5) is 0. The van der Waals surface area contributed by atoms with E-state index >= 15 is 0 Å². The fraction of sp³-hybridized carbons (Fsp3) is 0.167. The third-order valence-electron chi connectivity index (χ3n) is 2.22. The zero-order valence-electron chi connectivity index (χ0n) is 8.67. The maximum atomic E-state index is 5.93. The average molecular weight is 257 g/mol. The summed E-state index contributed by atoms with van der Waals surface area (Å²) in [5, 5.41) is 1.13. The summed E-state index contributed by atoms with van der Waals surface area (Å²) in [6, 6.07) is 7.43. The van der Waals surface area contributed by atoms with E-state index < -0.39 is 0 Å². The monoisotopic (exact) mass is 256 g/mol. The Kier molecular flexibility index (Phi) is 3.42. The zero-order valence-corrected chi connectivity index (χ0v) is 10.2. The van der Waals surface area contributed by atoms with Crippen LogP contribution in [0.1, 0.15) is 11.1 Å². The molecule has 0 aliphatic heterocycles. The first-order chi connectivity index (χ1) is 7.69. The second-order valence-electron chi connectivity index (χ2n) is 3.40.